The Morgan fingerprint density at radius 1 is 1.10 bits per heavy atom. The van der Waals surface area contributed by atoms with Crippen LogP contribution in [0.4, 0.5) is 0 Å². The van der Waals surface area contributed by atoms with Gasteiger partial charge in [0.15, 0.2) is 5.96 Å². The second kappa shape index (κ2) is 11.4. The van der Waals surface area contributed by atoms with E-state index in [1.807, 2.05) is 42.2 Å². The van der Waals surface area contributed by atoms with E-state index in [0.29, 0.717) is 26.1 Å². The van der Waals surface area contributed by atoms with Crippen molar-refractivity contribution in [2.24, 2.45) is 4.99 Å². The molecule has 0 bridgehead atoms. The molecular formula is C24H32N4O2. The number of rotatable bonds is 9. The number of hydrogen-bond acceptors (Lipinski definition) is 3. The lowest BCUT2D eigenvalue weighted by atomic mass is 10.0. The van der Waals surface area contributed by atoms with Crippen molar-refractivity contribution in [1.82, 2.24) is 15.5 Å². The Morgan fingerprint density at radius 3 is 2.47 bits per heavy atom. The standard InChI is InChI=1S/C24H32N4O2/c1-2-25-24(27-16-22(18-29)21-7-4-3-5-8-21)26-15-19-10-12-20(13-11-19)17-28-14-6-9-23(28)30/h3-5,7-8,10-13,22,29H,2,6,9,14-18H2,1H3,(H2,25,26,27). The molecule has 0 radical (unpaired) electrons. The molecule has 1 fully saturated rings. The highest BCUT2D eigenvalue weighted by atomic mass is 16.3. The molecule has 1 aliphatic heterocycles. The Morgan fingerprint density at radius 2 is 1.83 bits per heavy atom. The van der Waals surface area contributed by atoms with Crippen LogP contribution in [0.15, 0.2) is 59.6 Å². The fourth-order valence-corrected chi connectivity index (χ4v) is 3.59. The Kier molecular flexibility index (Phi) is 8.27. The van der Waals surface area contributed by atoms with Crippen LogP contribution >= 0.6 is 0 Å². The van der Waals surface area contributed by atoms with Crippen molar-refractivity contribution in [3.63, 3.8) is 0 Å². The van der Waals surface area contributed by atoms with Gasteiger partial charge < -0.3 is 20.6 Å². The minimum absolute atomic E-state index is 0.0163. The van der Waals surface area contributed by atoms with Crippen LogP contribution in [0.3, 0.4) is 0 Å². The highest BCUT2D eigenvalue weighted by molar-refractivity contribution is 5.79. The van der Waals surface area contributed by atoms with Crippen molar-refractivity contribution in [2.75, 3.05) is 26.2 Å². The summed E-state index contributed by atoms with van der Waals surface area (Å²) in [7, 11) is 0. The molecule has 0 saturated carbocycles. The van der Waals surface area contributed by atoms with E-state index >= 15 is 0 Å². The fourth-order valence-electron chi connectivity index (χ4n) is 3.59. The van der Waals surface area contributed by atoms with Gasteiger partial charge in [0, 0.05) is 38.5 Å². The van der Waals surface area contributed by atoms with Gasteiger partial charge >= 0.3 is 0 Å². The first-order chi connectivity index (χ1) is 14.7. The smallest absolute Gasteiger partial charge is 0.222 e. The lowest BCUT2D eigenvalue weighted by Gasteiger charge is -2.18. The summed E-state index contributed by atoms with van der Waals surface area (Å²) < 4.78 is 0. The van der Waals surface area contributed by atoms with Gasteiger partial charge in [-0.15, -0.1) is 0 Å². The molecule has 2 aromatic carbocycles. The van der Waals surface area contributed by atoms with Gasteiger partial charge in [-0.1, -0.05) is 54.6 Å². The third-order valence-electron chi connectivity index (χ3n) is 5.34. The molecule has 1 aliphatic rings. The third kappa shape index (κ3) is 6.32. The van der Waals surface area contributed by atoms with Gasteiger partial charge in [0.1, 0.15) is 0 Å². The molecule has 6 nitrogen and oxygen atoms in total. The van der Waals surface area contributed by atoms with E-state index in [-0.39, 0.29) is 18.4 Å². The largest absolute Gasteiger partial charge is 0.396 e. The Labute approximate surface area is 179 Å². The zero-order chi connectivity index (χ0) is 21.2. The topological polar surface area (TPSA) is 77.0 Å². The first-order valence-corrected chi connectivity index (χ1v) is 10.7. The van der Waals surface area contributed by atoms with Crippen molar-refractivity contribution in [2.45, 2.75) is 38.8 Å². The molecular weight excluding hydrogens is 376 g/mol. The monoisotopic (exact) mass is 408 g/mol. The summed E-state index contributed by atoms with van der Waals surface area (Å²) in [5, 5.41) is 16.4. The second-order valence-corrected chi connectivity index (χ2v) is 7.60. The number of nitrogens with one attached hydrogen (secondary N) is 2. The number of guanidine groups is 1. The van der Waals surface area contributed by atoms with Crippen LogP contribution in [-0.2, 0) is 17.9 Å². The third-order valence-corrected chi connectivity index (χ3v) is 5.34. The summed E-state index contributed by atoms with van der Waals surface area (Å²) in [6.07, 6.45) is 1.64. The van der Waals surface area contributed by atoms with E-state index in [4.69, 9.17) is 0 Å². The number of nitrogens with zero attached hydrogens (tertiary/aromatic N) is 2. The van der Waals surface area contributed by atoms with Gasteiger partial charge in [0.2, 0.25) is 5.91 Å². The molecule has 2 aromatic rings. The molecule has 1 saturated heterocycles. The van der Waals surface area contributed by atoms with Crippen LogP contribution in [0.2, 0.25) is 0 Å². The van der Waals surface area contributed by atoms with Crippen molar-refractivity contribution < 1.29 is 9.90 Å². The predicted octanol–water partition coefficient (Wildman–Crippen LogP) is 2.64. The van der Waals surface area contributed by atoms with Crippen LogP contribution in [0.1, 0.15) is 42.4 Å². The molecule has 1 amide bonds. The van der Waals surface area contributed by atoms with E-state index in [1.54, 1.807) is 0 Å². The Bertz CT molecular complexity index is 821. The highest BCUT2D eigenvalue weighted by Crippen LogP contribution is 2.15. The minimum Gasteiger partial charge on any atom is -0.396 e. The van der Waals surface area contributed by atoms with E-state index in [9.17, 15) is 9.90 Å². The van der Waals surface area contributed by atoms with Gasteiger partial charge in [-0.05, 0) is 30.0 Å². The first kappa shape index (κ1) is 21.8. The molecule has 0 aromatic heterocycles. The van der Waals surface area contributed by atoms with Gasteiger partial charge in [-0.3, -0.25) is 4.79 Å². The van der Waals surface area contributed by atoms with Gasteiger partial charge in [-0.25, -0.2) is 4.99 Å². The molecule has 0 spiro atoms. The molecule has 0 aliphatic carbocycles. The van der Waals surface area contributed by atoms with Crippen LogP contribution in [0, 0.1) is 0 Å². The molecule has 1 unspecified atom stereocenters. The summed E-state index contributed by atoms with van der Waals surface area (Å²) in [5.41, 5.74) is 3.37. The van der Waals surface area contributed by atoms with E-state index in [1.165, 1.54) is 0 Å². The summed E-state index contributed by atoms with van der Waals surface area (Å²) in [4.78, 5) is 18.4. The highest BCUT2D eigenvalue weighted by Gasteiger charge is 2.19. The van der Waals surface area contributed by atoms with Gasteiger partial charge in [-0.2, -0.15) is 0 Å². The van der Waals surface area contributed by atoms with Crippen molar-refractivity contribution in [3.05, 3.63) is 71.3 Å². The Balaban J connectivity index is 1.55. The van der Waals surface area contributed by atoms with Crippen molar-refractivity contribution >= 4 is 11.9 Å². The van der Waals surface area contributed by atoms with Crippen molar-refractivity contribution in [1.29, 1.82) is 0 Å². The van der Waals surface area contributed by atoms with Crippen LogP contribution in [0.5, 0.6) is 0 Å². The summed E-state index contributed by atoms with van der Waals surface area (Å²) >= 11 is 0. The summed E-state index contributed by atoms with van der Waals surface area (Å²) in [5.74, 6) is 1.00. The fraction of sp³-hybridized carbons (Fsp3) is 0.417. The molecule has 1 heterocycles. The van der Waals surface area contributed by atoms with Crippen LogP contribution in [-0.4, -0.2) is 48.1 Å². The second-order valence-electron chi connectivity index (χ2n) is 7.60. The molecule has 1 atom stereocenters. The number of carbonyl (C=O) groups excluding carboxylic acids is 1. The number of benzene rings is 2. The van der Waals surface area contributed by atoms with Crippen molar-refractivity contribution in [3.8, 4) is 0 Å². The number of aliphatic hydroxyl groups is 1. The van der Waals surface area contributed by atoms with E-state index in [0.717, 1.165) is 42.2 Å². The Hall–Kier alpha value is -2.86. The number of amides is 1. The number of likely N-dealkylation sites (tertiary alicyclic amines) is 1. The number of carbonyl (C=O) groups is 1. The maximum atomic E-state index is 11.8. The zero-order valence-corrected chi connectivity index (χ0v) is 17.7. The number of aliphatic hydroxyl groups excluding tert-OH is 1. The minimum atomic E-state index is 0.0163. The maximum Gasteiger partial charge on any atom is 0.222 e. The average Bonchev–Trinajstić information content (AvgIpc) is 3.18. The first-order valence-electron chi connectivity index (χ1n) is 10.7. The molecule has 3 rings (SSSR count). The summed E-state index contributed by atoms with van der Waals surface area (Å²) in [6, 6.07) is 18.3. The number of aliphatic imine (C=N–C) groups is 1. The SMILES string of the molecule is CCNC(=NCc1ccc(CN2CCCC2=O)cc1)NCC(CO)c1ccccc1. The quantitative estimate of drug-likeness (QED) is 0.440. The predicted molar refractivity (Wildman–Crippen MR) is 120 cm³/mol. The lowest BCUT2D eigenvalue weighted by Crippen LogP contribution is -2.39. The zero-order valence-electron chi connectivity index (χ0n) is 17.7. The number of hydrogen-bond donors (Lipinski definition) is 3. The molecule has 6 heteroatoms. The molecule has 160 valence electrons. The van der Waals surface area contributed by atoms with E-state index in [2.05, 4.69) is 39.9 Å². The maximum absolute atomic E-state index is 11.8. The van der Waals surface area contributed by atoms with Gasteiger partial charge in [0.25, 0.3) is 0 Å². The molecule has 30 heavy (non-hydrogen) atoms. The average molecular weight is 409 g/mol. The van der Waals surface area contributed by atoms with Crippen LogP contribution < -0.4 is 10.6 Å². The van der Waals surface area contributed by atoms with E-state index < -0.39 is 0 Å². The molecule has 3 N–H and O–H groups in total. The normalized spacial score (nSPS) is 15.3. The van der Waals surface area contributed by atoms with Crippen LogP contribution in [0.25, 0.3) is 0 Å². The lowest BCUT2D eigenvalue weighted by molar-refractivity contribution is -0.128. The summed E-state index contributed by atoms with van der Waals surface area (Å²) in [6.45, 7) is 5.60. The van der Waals surface area contributed by atoms with Gasteiger partial charge in [0.05, 0.1) is 13.2 Å².